The Bertz CT molecular complexity index is 540. The molecule has 2 heterocycles. The van der Waals surface area contributed by atoms with Gasteiger partial charge in [-0.2, -0.15) is 0 Å². The third-order valence-electron chi connectivity index (χ3n) is 4.15. The lowest BCUT2D eigenvalue weighted by Gasteiger charge is -2.38. The molecule has 0 radical (unpaired) electrons. The second-order valence-electron chi connectivity index (χ2n) is 5.34. The molecule has 122 valence electrons. The molecule has 3 rings (SSSR count). The SMILES string of the molecule is COC1CCN(C(=O)c2ccc3c(c2)OCO3)C(CN)C1.Cl. The smallest absolute Gasteiger partial charge is 0.254 e. The number of halogens is 1. The molecular formula is C15H21ClN2O4. The molecule has 1 aromatic rings. The molecule has 6 nitrogen and oxygen atoms in total. The van der Waals surface area contributed by atoms with Crippen LogP contribution < -0.4 is 15.2 Å². The summed E-state index contributed by atoms with van der Waals surface area (Å²) >= 11 is 0. The zero-order valence-corrected chi connectivity index (χ0v) is 13.3. The van der Waals surface area contributed by atoms with E-state index < -0.39 is 0 Å². The van der Waals surface area contributed by atoms with Gasteiger partial charge in [-0.05, 0) is 31.0 Å². The van der Waals surface area contributed by atoms with Crippen molar-refractivity contribution in [2.75, 3.05) is 27.0 Å². The van der Waals surface area contributed by atoms with Gasteiger partial charge < -0.3 is 24.8 Å². The summed E-state index contributed by atoms with van der Waals surface area (Å²) < 4.78 is 16.0. The maximum Gasteiger partial charge on any atom is 0.254 e. The van der Waals surface area contributed by atoms with Crippen molar-refractivity contribution in [3.8, 4) is 11.5 Å². The van der Waals surface area contributed by atoms with Gasteiger partial charge in [-0.25, -0.2) is 0 Å². The zero-order valence-electron chi connectivity index (χ0n) is 12.5. The highest BCUT2D eigenvalue weighted by Crippen LogP contribution is 2.33. The van der Waals surface area contributed by atoms with E-state index in [-0.39, 0.29) is 37.3 Å². The molecule has 1 fully saturated rings. The summed E-state index contributed by atoms with van der Waals surface area (Å²) in [5.74, 6) is 1.29. The van der Waals surface area contributed by atoms with Crippen LogP contribution in [0.15, 0.2) is 18.2 Å². The highest BCUT2D eigenvalue weighted by atomic mass is 35.5. The highest BCUT2D eigenvalue weighted by molar-refractivity contribution is 5.95. The quantitative estimate of drug-likeness (QED) is 0.908. The first-order valence-corrected chi connectivity index (χ1v) is 7.16. The van der Waals surface area contributed by atoms with Crippen LogP contribution >= 0.6 is 12.4 Å². The minimum absolute atomic E-state index is 0. The number of piperidine rings is 1. The molecule has 1 amide bonds. The van der Waals surface area contributed by atoms with E-state index in [2.05, 4.69) is 0 Å². The minimum atomic E-state index is -0.0155. The van der Waals surface area contributed by atoms with Crippen LogP contribution in [0.1, 0.15) is 23.2 Å². The van der Waals surface area contributed by atoms with E-state index in [1.165, 1.54) is 0 Å². The monoisotopic (exact) mass is 328 g/mol. The van der Waals surface area contributed by atoms with Gasteiger partial charge >= 0.3 is 0 Å². The van der Waals surface area contributed by atoms with Gasteiger partial charge in [0.15, 0.2) is 11.5 Å². The molecule has 0 spiro atoms. The lowest BCUT2D eigenvalue weighted by molar-refractivity contribution is 0.0139. The van der Waals surface area contributed by atoms with Crippen molar-refractivity contribution < 1.29 is 19.0 Å². The van der Waals surface area contributed by atoms with E-state index >= 15 is 0 Å². The molecule has 7 heteroatoms. The number of hydrogen-bond donors (Lipinski definition) is 1. The predicted octanol–water partition coefficient (Wildman–Crippen LogP) is 1.42. The van der Waals surface area contributed by atoms with Crippen molar-refractivity contribution in [1.29, 1.82) is 0 Å². The van der Waals surface area contributed by atoms with Gasteiger partial charge in [0, 0.05) is 31.8 Å². The van der Waals surface area contributed by atoms with Crippen LogP contribution in [-0.4, -0.2) is 49.9 Å². The predicted molar refractivity (Wildman–Crippen MR) is 83.7 cm³/mol. The summed E-state index contributed by atoms with van der Waals surface area (Å²) in [7, 11) is 1.70. The molecule has 0 aliphatic carbocycles. The van der Waals surface area contributed by atoms with Crippen LogP contribution in [-0.2, 0) is 4.74 Å². The summed E-state index contributed by atoms with van der Waals surface area (Å²) in [4.78, 5) is 14.5. The number of nitrogens with zero attached hydrogens (tertiary/aromatic N) is 1. The van der Waals surface area contributed by atoms with Gasteiger partial charge in [0.1, 0.15) is 0 Å². The largest absolute Gasteiger partial charge is 0.454 e. The Morgan fingerprint density at radius 3 is 2.91 bits per heavy atom. The van der Waals surface area contributed by atoms with Crippen LogP contribution in [0.2, 0.25) is 0 Å². The Labute approximate surface area is 135 Å². The minimum Gasteiger partial charge on any atom is -0.454 e. The number of amides is 1. The van der Waals surface area contributed by atoms with Gasteiger partial charge in [-0.1, -0.05) is 0 Å². The van der Waals surface area contributed by atoms with Crippen LogP contribution in [0.5, 0.6) is 11.5 Å². The summed E-state index contributed by atoms with van der Waals surface area (Å²) in [6.45, 7) is 1.31. The molecule has 1 aromatic carbocycles. The van der Waals surface area contributed by atoms with Gasteiger partial charge in [-0.15, -0.1) is 12.4 Å². The number of rotatable bonds is 3. The second-order valence-corrected chi connectivity index (χ2v) is 5.34. The van der Waals surface area contributed by atoms with E-state index in [1.807, 2.05) is 4.90 Å². The third-order valence-corrected chi connectivity index (χ3v) is 4.15. The van der Waals surface area contributed by atoms with Crippen molar-refractivity contribution in [2.24, 2.45) is 5.73 Å². The van der Waals surface area contributed by atoms with Crippen molar-refractivity contribution in [2.45, 2.75) is 25.0 Å². The summed E-state index contributed by atoms with van der Waals surface area (Å²) in [6.07, 6.45) is 1.80. The average molecular weight is 329 g/mol. The van der Waals surface area contributed by atoms with Crippen molar-refractivity contribution in [3.05, 3.63) is 23.8 Å². The number of likely N-dealkylation sites (tertiary alicyclic amines) is 1. The molecule has 1 saturated heterocycles. The van der Waals surface area contributed by atoms with Gasteiger partial charge in [0.2, 0.25) is 6.79 Å². The third kappa shape index (κ3) is 3.14. The number of fused-ring (bicyclic) bond motifs is 1. The second kappa shape index (κ2) is 7.17. The van der Waals surface area contributed by atoms with E-state index in [9.17, 15) is 4.79 Å². The number of methoxy groups -OCH3 is 1. The van der Waals surface area contributed by atoms with E-state index in [1.54, 1.807) is 25.3 Å². The van der Waals surface area contributed by atoms with Gasteiger partial charge in [0.05, 0.1) is 6.10 Å². The number of nitrogens with two attached hydrogens (primary N) is 1. The standard InChI is InChI=1S/C15H20N2O4.ClH/c1-19-12-4-5-17(11(7-12)8-16)15(18)10-2-3-13-14(6-10)21-9-20-13;/h2-3,6,11-12H,4-5,7-9,16H2,1H3;1H. The number of ether oxygens (including phenoxy) is 3. The Morgan fingerprint density at radius 1 is 1.41 bits per heavy atom. The Hall–Kier alpha value is -1.50. The van der Waals surface area contributed by atoms with Gasteiger partial charge in [0.25, 0.3) is 5.91 Å². The zero-order chi connectivity index (χ0) is 14.8. The first-order valence-electron chi connectivity index (χ1n) is 7.16. The van der Waals surface area contributed by atoms with E-state index in [0.29, 0.717) is 30.2 Å². The van der Waals surface area contributed by atoms with Crippen LogP contribution in [0.4, 0.5) is 0 Å². The fourth-order valence-corrected chi connectivity index (χ4v) is 2.91. The first-order chi connectivity index (χ1) is 10.2. The molecule has 0 bridgehead atoms. The van der Waals surface area contributed by atoms with Crippen molar-refractivity contribution in [3.63, 3.8) is 0 Å². The normalized spacial score (nSPS) is 23.1. The molecule has 0 saturated carbocycles. The van der Waals surface area contributed by atoms with E-state index in [0.717, 1.165) is 12.8 Å². The molecule has 2 aliphatic rings. The fraction of sp³-hybridized carbons (Fsp3) is 0.533. The molecule has 2 aliphatic heterocycles. The van der Waals surface area contributed by atoms with Crippen molar-refractivity contribution >= 4 is 18.3 Å². The molecule has 2 unspecified atom stereocenters. The summed E-state index contributed by atoms with van der Waals surface area (Å²) in [5, 5.41) is 0. The van der Waals surface area contributed by atoms with Crippen molar-refractivity contribution in [1.82, 2.24) is 4.90 Å². The fourth-order valence-electron chi connectivity index (χ4n) is 2.91. The Morgan fingerprint density at radius 2 is 2.18 bits per heavy atom. The summed E-state index contributed by atoms with van der Waals surface area (Å²) in [5.41, 5.74) is 6.43. The van der Waals surface area contributed by atoms with E-state index in [4.69, 9.17) is 19.9 Å². The summed E-state index contributed by atoms with van der Waals surface area (Å²) in [6, 6.07) is 5.29. The Balaban J connectivity index is 0.00000176. The lowest BCUT2D eigenvalue weighted by Crippen LogP contribution is -2.51. The Kier molecular flexibility index (Phi) is 5.50. The molecule has 2 N–H and O–H groups in total. The highest BCUT2D eigenvalue weighted by Gasteiger charge is 2.31. The number of carbonyl (C=O) groups is 1. The maximum atomic E-state index is 12.7. The molecule has 2 atom stereocenters. The number of carbonyl (C=O) groups excluding carboxylic acids is 1. The number of hydrogen-bond acceptors (Lipinski definition) is 5. The van der Waals surface area contributed by atoms with Gasteiger partial charge in [-0.3, -0.25) is 4.79 Å². The molecular weight excluding hydrogens is 308 g/mol. The van der Waals surface area contributed by atoms with Crippen LogP contribution in [0.3, 0.4) is 0 Å². The van der Waals surface area contributed by atoms with Crippen LogP contribution in [0.25, 0.3) is 0 Å². The van der Waals surface area contributed by atoms with Crippen LogP contribution in [0, 0.1) is 0 Å². The lowest BCUT2D eigenvalue weighted by atomic mass is 9.98. The topological polar surface area (TPSA) is 74.0 Å². The first kappa shape index (κ1) is 16.9. The number of benzene rings is 1. The maximum absolute atomic E-state index is 12.7. The average Bonchev–Trinajstić information content (AvgIpc) is 3.01. The molecule has 0 aromatic heterocycles. The molecule has 22 heavy (non-hydrogen) atoms.